The summed E-state index contributed by atoms with van der Waals surface area (Å²) >= 11 is 5.90. The van der Waals surface area contributed by atoms with Gasteiger partial charge in [0.25, 0.3) is 0 Å². The lowest BCUT2D eigenvalue weighted by Gasteiger charge is -2.04. The first-order valence-corrected chi connectivity index (χ1v) is 9.27. The zero-order valence-electron chi connectivity index (χ0n) is 10.1. The molecule has 0 bridgehead atoms. The van der Waals surface area contributed by atoms with Crippen molar-refractivity contribution in [3.63, 3.8) is 0 Å². The highest BCUT2D eigenvalue weighted by Crippen LogP contribution is 2.18. The van der Waals surface area contributed by atoms with Gasteiger partial charge in [-0.3, -0.25) is 0 Å². The van der Waals surface area contributed by atoms with Crippen molar-refractivity contribution >= 4 is 30.4 Å². The molecule has 2 aromatic rings. The number of fused-ring (bicyclic) bond motifs is 1. The van der Waals surface area contributed by atoms with E-state index in [1.807, 2.05) is 12.1 Å². The molecular weight excluding hydrogens is 248 g/mol. The Labute approximate surface area is 107 Å². The first-order valence-electron chi connectivity index (χ1n) is 5.39. The Morgan fingerprint density at radius 1 is 1.24 bits per heavy atom. The van der Waals surface area contributed by atoms with E-state index in [0.29, 0.717) is 5.15 Å². The summed E-state index contributed by atoms with van der Waals surface area (Å²) in [5.74, 6) is 3.17. The summed E-state index contributed by atoms with van der Waals surface area (Å²) in [4.78, 5) is 8.37. The molecule has 0 aliphatic rings. The SMILES string of the molecule is C[Si](C)(C)C#Cc1nccc2cnc(Cl)cc12. The number of pyridine rings is 2. The maximum atomic E-state index is 5.90. The molecule has 0 aromatic carbocycles. The molecule has 0 unspecified atom stereocenters. The third-order valence-electron chi connectivity index (χ3n) is 2.17. The molecule has 0 saturated heterocycles. The van der Waals surface area contributed by atoms with E-state index < -0.39 is 8.07 Å². The zero-order valence-corrected chi connectivity index (χ0v) is 11.8. The average Bonchev–Trinajstić information content (AvgIpc) is 2.25. The van der Waals surface area contributed by atoms with Crippen LogP contribution in [0.15, 0.2) is 24.5 Å². The number of halogens is 1. The summed E-state index contributed by atoms with van der Waals surface area (Å²) in [7, 11) is -1.39. The van der Waals surface area contributed by atoms with Gasteiger partial charge in [-0.25, -0.2) is 9.97 Å². The van der Waals surface area contributed by atoms with E-state index in [1.54, 1.807) is 12.4 Å². The summed E-state index contributed by atoms with van der Waals surface area (Å²) < 4.78 is 0. The highest BCUT2D eigenvalue weighted by atomic mass is 35.5. The van der Waals surface area contributed by atoms with Crippen molar-refractivity contribution in [1.29, 1.82) is 0 Å². The monoisotopic (exact) mass is 260 g/mol. The predicted octanol–water partition coefficient (Wildman–Crippen LogP) is 3.51. The Bertz CT molecular complexity index is 621. The van der Waals surface area contributed by atoms with Gasteiger partial charge in [0, 0.05) is 23.2 Å². The highest BCUT2D eigenvalue weighted by molar-refractivity contribution is 6.83. The van der Waals surface area contributed by atoms with E-state index in [0.717, 1.165) is 16.5 Å². The second-order valence-electron chi connectivity index (χ2n) is 4.89. The standard InChI is InChI=1S/C13H13ClN2Si/c1-17(2,3)7-5-12-11-8-13(14)16-9-10(11)4-6-15-12/h4,6,8-9H,1-3H3. The molecule has 0 radical (unpaired) electrons. The molecule has 17 heavy (non-hydrogen) atoms. The van der Waals surface area contributed by atoms with E-state index >= 15 is 0 Å². The Morgan fingerprint density at radius 3 is 2.71 bits per heavy atom. The summed E-state index contributed by atoms with van der Waals surface area (Å²) in [5.41, 5.74) is 4.10. The van der Waals surface area contributed by atoms with E-state index in [1.165, 1.54) is 0 Å². The minimum absolute atomic E-state index is 0.474. The van der Waals surface area contributed by atoms with E-state index in [4.69, 9.17) is 11.6 Å². The van der Waals surface area contributed by atoms with Gasteiger partial charge in [-0.1, -0.05) is 37.2 Å². The summed E-state index contributed by atoms with van der Waals surface area (Å²) in [6.07, 6.45) is 3.51. The summed E-state index contributed by atoms with van der Waals surface area (Å²) in [6.45, 7) is 6.62. The van der Waals surface area contributed by atoms with Crippen molar-refractivity contribution in [1.82, 2.24) is 9.97 Å². The van der Waals surface area contributed by atoms with Crippen molar-refractivity contribution in [3.05, 3.63) is 35.4 Å². The molecular formula is C13H13ClN2Si. The van der Waals surface area contributed by atoms with E-state index in [9.17, 15) is 0 Å². The second-order valence-corrected chi connectivity index (χ2v) is 10.0. The van der Waals surface area contributed by atoms with Gasteiger partial charge >= 0.3 is 0 Å². The van der Waals surface area contributed by atoms with Crippen LogP contribution in [0.25, 0.3) is 10.8 Å². The van der Waals surface area contributed by atoms with Crippen LogP contribution in [0.5, 0.6) is 0 Å². The molecule has 2 rings (SSSR count). The fourth-order valence-corrected chi connectivity index (χ4v) is 2.04. The third-order valence-corrected chi connectivity index (χ3v) is 3.25. The van der Waals surface area contributed by atoms with Crippen LogP contribution in [-0.4, -0.2) is 18.0 Å². The van der Waals surface area contributed by atoms with E-state index in [2.05, 4.69) is 41.1 Å². The van der Waals surface area contributed by atoms with Crippen LogP contribution >= 0.6 is 11.6 Å². The number of aromatic nitrogens is 2. The van der Waals surface area contributed by atoms with Gasteiger partial charge in [-0.05, 0) is 12.1 Å². The van der Waals surface area contributed by atoms with Gasteiger partial charge in [0.2, 0.25) is 0 Å². The van der Waals surface area contributed by atoms with Crippen LogP contribution in [0.3, 0.4) is 0 Å². The van der Waals surface area contributed by atoms with Crippen molar-refractivity contribution < 1.29 is 0 Å². The molecule has 0 amide bonds. The molecule has 0 saturated carbocycles. The van der Waals surface area contributed by atoms with Gasteiger partial charge in [0.05, 0.1) is 0 Å². The molecule has 4 heteroatoms. The van der Waals surface area contributed by atoms with Crippen molar-refractivity contribution in [2.24, 2.45) is 0 Å². The zero-order chi connectivity index (χ0) is 12.5. The molecule has 0 aliphatic heterocycles. The quantitative estimate of drug-likeness (QED) is 0.412. The normalized spacial score (nSPS) is 11.1. The number of rotatable bonds is 0. The number of hydrogen-bond donors (Lipinski definition) is 0. The predicted molar refractivity (Wildman–Crippen MR) is 74.8 cm³/mol. The Balaban J connectivity index is 2.61. The molecule has 0 fully saturated rings. The first-order chi connectivity index (χ1) is 7.96. The summed E-state index contributed by atoms with van der Waals surface area (Å²) in [5, 5.41) is 2.46. The molecule has 2 aromatic heterocycles. The minimum atomic E-state index is -1.39. The molecule has 2 heterocycles. The van der Waals surface area contributed by atoms with Gasteiger partial charge in [0.15, 0.2) is 0 Å². The topological polar surface area (TPSA) is 25.8 Å². The molecule has 0 spiro atoms. The molecule has 0 aliphatic carbocycles. The molecule has 0 atom stereocenters. The minimum Gasteiger partial charge on any atom is -0.247 e. The third kappa shape index (κ3) is 3.06. The maximum Gasteiger partial charge on any atom is 0.129 e. The van der Waals surface area contributed by atoms with Crippen molar-refractivity contribution in [3.8, 4) is 11.5 Å². The largest absolute Gasteiger partial charge is 0.247 e. The van der Waals surface area contributed by atoms with Gasteiger partial charge in [0.1, 0.15) is 18.9 Å². The van der Waals surface area contributed by atoms with Crippen molar-refractivity contribution in [2.75, 3.05) is 0 Å². The Hall–Kier alpha value is -1.37. The second kappa shape index (κ2) is 4.48. The lowest BCUT2D eigenvalue weighted by Crippen LogP contribution is -2.16. The molecule has 2 nitrogen and oxygen atoms in total. The molecule has 0 N–H and O–H groups in total. The fourth-order valence-electron chi connectivity index (χ4n) is 1.39. The summed E-state index contributed by atoms with van der Waals surface area (Å²) in [6, 6.07) is 3.73. The van der Waals surface area contributed by atoms with Crippen LogP contribution in [-0.2, 0) is 0 Å². The first kappa shape index (κ1) is 12.1. The van der Waals surface area contributed by atoms with Crippen molar-refractivity contribution in [2.45, 2.75) is 19.6 Å². The fraction of sp³-hybridized carbons (Fsp3) is 0.231. The van der Waals surface area contributed by atoms with E-state index in [-0.39, 0.29) is 0 Å². The lowest BCUT2D eigenvalue weighted by molar-refractivity contribution is 1.30. The van der Waals surface area contributed by atoms with Gasteiger partial charge in [-0.15, -0.1) is 5.54 Å². The smallest absolute Gasteiger partial charge is 0.129 e. The highest BCUT2D eigenvalue weighted by Gasteiger charge is 2.08. The van der Waals surface area contributed by atoms with Gasteiger partial charge in [-0.2, -0.15) is 0 Å². The lowest BCUT2D eigenvalue weighted by atomic mass is 10.2. The van der Waals surface area contributed by atoms with Crippen LogP contribution < -0.4 is 0 Å². The van der Waals surface area contributed by atoms with Crippen LogP contribution in [0.2, 0.25) is 24.8 Å². The molecule has 86 valence electrons. The van der Waals surface area contributed by atoms with Crippen LogP contribution in [0.4, 0.5) is 0 Å². The Kier molecular flexibility index (Phi) is 3.19. The number of nitrogens with zero attached hydrogens (tertiary/aromatic N) is 2. The Morgan fingerprint density at radius 2 is 2.00 bits per heavy atom. The van der Waals surface area contributed by atoms with Crippen LogP contribution in [0.1, 0.15) is 5.69 Å². The average molecular weight is 261 g/mol. The van der Waals surface area contributed by atoms with Gasteiger partial charge < -0.3 is 0 Å². The number of hydrogen-bond acceptors (Lipinski definition) is 2. The van der Waals surface area contributed by atoms with Crippen LogP contribution in [0, 0.1) is 11.5 Å². The maximum absolute atomic E-state index is 5.90.